The van der Waals surface area contributed by atoms with Crippen LogP contribution in [0.4, 0.5) is 5.95 Å². The Bertz CT molecular complexity index is 1160. The van der Waals surface area contributed by atoms with Gasteiger partial charge in [-0.05, 0) is 18.2 Å². The first-order chi connectivity index (χ1) is 13.8. The fraction of sp³-hybridized carbons (Fsp3) is 0.0952. The van der Waals surface area contributed by atoms with Crippen molar-refractivity contribution in [3.8, 4) is 11.4 Å². The molecule has 0 saturated carbocycles. The summed E-state index contributed by atoms with van der Waals surface area (Å²) in [5.41, 5.74) is 2.04. The molecule has 28 heavy (non-hydrogen) atoms. The Morgan fingerprint density at radius 2 is 1.93 bits per heavy atom. The van der Waals surface area contributed by atoms with E-state index >= 15 is 0 Å². The fourth-order valence-corrected chi connectivity index (χ4v) is 2.88. The Labute approximate surface area is 161 Å². The Morgan fingerprint density at radius 3 is 2.75 bits per heavy atom. The maximum atomic E-state index is 12.4. The van der Waals surface area contributed by atoms with Crippen molar-refractivity contribution in [2.45, 2.75) is 6.54 Å². The average molecular weight is 373 g/mol. The van der Waals surface area contributed by atoms with Gasteiger partial charge in [-0.25, -0.2) is 4.68 Å². The zero-order valence-electron chi connectivity index (χ0n) is 15.1. The monoisotopic (exact) mass is 373 g/mol. The van der Waals surface area contributed by atoms with Crippen LogP contribution in [0.3, 0.4) is 0 Å². The molecule has 0 atom stereocenters. The Balaban J connectivity index is 1.64. The van der Waals surface area contributed by atoms with Crippen molar-refractivity contribution in [2.75, 3.05) is 11.9 Å². The minimum Gasteiger partial charge on any atom is -0.489 e. The lowest BCUT2D eigenvalue weighted by Gasteiger charge is -2.11. The highest BCUT2D eigenvalue weighted by molar-refractivity contribution is 5.76. The van der Waals surface area contributed by atoms with Crippen molar-refractivity contribution >= 4 is 17.0 Å². The predicted octanol–water partition coefficient (Wildman–Crippen LogP) is 3.29. The van der Waals surface area contributed by atoms with Crippen molar-refractivity contribution in [2.24, 2.45) is 0 Å². The van der Waals surface area contributed by atoms with Crippen LogP contribution in [-0.4, -0.2) is 26.4 Å². The zero-order chi connectivity index (χ0) is 19.3. The molecular weight excluding hydrogens is 354 g/mol. The van der Waals surface area contributed by atoms with Gasteiger partial charge in [0.1, 0.15) is 17.7 Å². The summed E-state index contributed by atoms with van der Waals surface area (Å²) < 4.78 is 7.32. The number of rotatable bonds is 7. The summed E-state index contributed by atoms with van der Waals surface area (Å²) in [7, 11) is 0. The van der Waals surface area contributed by atoms with Gasteiger partial charge in [-0.2, -0.15) is 10.1 Å². The molecular formula is C21H19N5O2. The first-order valence-corrected chi connectivity index (χ1v) is 8.85. The van der Waals surface area contributed by atoms with E-state index in [0.717, 1.165) is 17.0 Å². The van der Waals surface area contributed by atoms with E-state index in [1.807, 2.05) is 54.6 Å². The van der Waals surface area contributed by atoms with E-state index in [0.29, 0.717) is 30.1 Å². The van der Waals surface area contributed by atoms with Crippen molar-refractivity contribution in [1.82, 2.24) is 19.7 Å². The van der Waals surface area contributed by atoms with E-state index < -0.39 is 0 Å². The summed E-state index contributed by atoms with van der Waals surface area (Å²) in [4.78, 5) is 19.8. The van der Waals surface area contributed by atoms with E-state index in [2.05, 4.69) is 27.0 Å². The lowest BCUT2D eigenvalue weighted by molar-refractivity contribution is 0.359. The largest absolute Gasteiger partial charge is 0.489 e. The number of fused-ring (bicyclic) bond motifs is 1. The molecule has 0 aliphatic heterocycles. The summed E-state index contributed by atoms with van der Waals surface area (Å²) in [6.45, 7) is 4.54. The molecule has 0 aliphatic rings. The lowest BCUT2D eigenvalue weighted by atomic mass is 10.2. The number of aromatic nitrogens is 4. The standard InChI is InChI=1S/C21H19N5O2/c1-2-12-28-18-11-7-6-8-15(18)13-22-21-24-19-17(20(27)25-21)14-23-26(19)16-9-4-3-5-10-16/h2-11,14H,1,12-13H2,(H2,22,24,25,27). The van der Waals surface area contributed by atoms with Crippen molar-refractivity contribution in [3.05, 3.63) is 89.4 Å². The smallest absolute Gasteiger partial charge is 0.263 e. The molecule has 0 amide bonds. The van der Waals surface area contributed by atoms with Gasteiger partial charge in [0, 0.05) is 12.1 Å². The molecule has 2 heterocycles. The Hall–Kier alpha value is -3.87. The minimum atomic E-state index is -0.245. The number of ether oxygens (including phenoxy) is 1. The van der Waals surface area contributed by atoms with Crippen LogP contribution in [0.25, 0.3) is 16.7 Å². The molecule has 0 spiro atoms. The van der Waals surface area contributed by atoms with Gasteiger partial charge >= 0.3 is 0 Å². The van der Waals surface area contributed by atoms with E-state index in [9.17, 15) is 4.79 Å². The molecule has 7 heteroatoms. The van der Waals surface area contributed by atoms with Crippen molar-refractivity contribution < 1.29 is 4.74 Å². The third-order valence-corrected chi connectivity index (χ3v) is 4.21. The van der Waals surface area contributed by atoms with Gasteiger partial charge in [-0.15, -0.1) is 0 Å². The molecule has 0 fully saturated rings. The number of para-hydroxylation sites is 2. The highest BCUT2D eigenvalue weighted by atomic mass is 16.5. The number of nitrogens with one attached hydrogen (secondary N) is 2. The number of H-pyrrole nitrogens is 1. The van der Waals surface area contributed by atoms with Crippen LogP contribution in [0.15, 0.2) is 78.2 Å². The second kappa shape index (κ2) is 7.79. The van der Waals surface area contributed by atoms with Gasteiger partial charge in [-0.1, -0.05) is 49.1 Å². The Morgan fingerprint density at radius 1 is 1.14 bits per heavy atom. The molecule has 0 bridgehead atoms. The lowest BCUT2D eigenvalue weighted by Crippen LogP contribution is -2.14. The van der Waals surface area contributed by atoms with Crippen LogP contribution < -0.4 is 15.6 Å². The van der Waals surface area contributed by atoms with E-state index in [1.54, 1.807) is 10.8 Å². The average Bonchev–Trinajstić information content (AvgIpc) is 3.16. The van der Waals surface area contributed by atoms with Crippen LogP contribution in [0.2, 0.25) is 0 Å². The first-order valence-electron chi connectivity index (χ1n) is 8.85. The maximum absolute atomic E-state index is 12.4. The van der Waals surface area contributed by atoms with Gasteiger partial charge in [0.25, 0.3) is 5.56 Å². The predicted molar refractivity (Wildman–Crippen MR) is 109 cm³/mol. The molecule has 0 unspecified atom stereocenters. The normalized spacial score (nSPS) is 10.7. The van der Waals surface area contributed by atoms with Crippen molar-refractivity contribution in [1.29, 1.82) is 0 Å². The topological polar surface area (TPSA) is 84.8 Å². The second-order valence-electron chi connectivity index (χ2n) is 6.10. The summed E-state index contributed by atoms with van der Waals surface area (Å²) in [5.74, 6) is 1.13. The van der Waals surface area contributed by atoms with Crippen LogP contribution in [0, 0.1) is 0 Å². The van der Waals surface area contributed by atoms with Crippen LogP contribution in [0.1, 0.15) is 5.56 Å². The molecule has 2 aromatic carbocycles. The molecule has 140 valence electrons. The second-order valence-corrected chi connectivity index (χ2v) is 6.10. The third kappa shape index (κ3) is 3.50. The number of anilines is 1. The van der Waals surface area contributed by atoms with Gasteiger partial charge in [0.05, 0.1) is 11.9 Å². The van der Waals surface area contributed by atoms with E-state index in [1.165, 1.54) is 6.20 Å². The molecule has 4 rings (SSSR count). The summed E-state index contributed by atoms with van der Waals surface area (Å²) in [6.07, 6.45) is 3.22. The molecule has 4 aromatic rings. The zero-order valence-corrected chi connectivity index (χ0v) is 15.1. The molecule has 0 aliphatic carbocycles. The number of benzene rings is 2. The summed E-state index contributed by atoms with van der Waals surface area (Å²) in [6, 6.07) is 17.3. The quantitative estimate of drug-likeness (QED) is 0.486. The molecule has 2 aromatic heterocycles. The molecule has 0 radical (unpaired) electrons. The summed E-state index contributed by atoms with van der Waals surface area (Å²) >= 11 is 0. The SMILES string of the molecule is C=CCOc1ccccc1CNc1nc2c(cnn2-c2ccccc2)c(=O)[nH]1. The van der Waals surface area contributed by atoms with Gasteiger partial charge in [-0.3, -0.25) is 9.78 Å². The van der Waals surface area contributed by atoms with E-state index in [4.69, 9.17) is 4.74 Å². The molecule has 2 N–H and O–H groups in total. The fourth-order valence-electron chi connectivity index (χ4n) is 2.88. The third-order valence-electron chi connectivity index (χ3n) is 4.21. The molecule has 7 nitrogen and oxygen atoms in total. The Kier molecular flexibility index (Phi) is 4.88. The highest BCUT2D eigenvalue weighted by Gasteiger charge is 2.12. The maximum Gasteiger partial charge on any atom is 0.263 e. The van der Waals surface area contributed by atoms with E-state index in [-0.39, 0.29) is 5.56 Å². The van der Waals surface area contributed by atoms with Gasteiger partial charge < -0.3 is 10.1 Å². The van der Waals surface area contributed by atoms with Gasteiger partial charge in [0.15, 0.2) is 5.65 Å². The van der Waals surface area contributed by atoms with Gasteiger partial charge in [0.2, 0.25) is 5.95 Å². The summed E-state index contributed by atoms with van der Waals surface area (Å²) in [5, 5.41) is 7.91. The number of nitrogens with zero attached hydrogens (tertiary/aromatic N) is 3. The number of aromatic amines is 1. The minimum absolute atomic E-state index is 0.245. The van der Waals surface area contributed by atoms with Crippen LogP contribution >= 0.6 is 0 Å². The first kappa shape index (κ1) is 17.5. The van der Waals surface area contributed by atoms with Crippen molar-refractivity contribution in [3.63, 3.8) is 0 Å². The van der Waals surface area contributed by atoms with Crippen LogP contribution in [-0.2, 0) is 6.54 Å². The van der Waals surface area contributed by atoms with Crippen LogP contribution in [0.5, 0.6) is 5.75 Å². The highest BCUT2D eigenvalue weighted by Crippen LogP contribution is 2.19. The number of hydrogen-bond donors (Lipinski definition) is 2. The number of hydrogen-bond acceptors (Lipinski definition) is 5. The molecule has 0 saturated heterocycles.